The second-order valence-corrected chi connectivity index (χ2v) is 6.54. The number of hydrogen-bond acceptors (Lipinski definition) is 4. The summed E-state index contributed by atoms with van der Waals surface area (Å²) in [5.74, 6) is -0.226. The van der Waals surface area contributed by atoms with Gasteiger partial charge < -0.3 is 9.72 Å². The van der Waals surface area contributed by atoms with Crippen LogP contribution in [0.2, 0.25) is 0 Å². The molecule has 3 rings (SSSR count). The van der Waals surface area contributed by atoms with E-state index in [0.29, 0.717) is 5.56 Å². The third-order valence-corrected chi connectivity index (χ3v) is 4.29. The summed E-state index contributed by atoms with van der Waals surface area (Å²) < 4.78 is 24.1. The fraction of sp³-hybridized carbons (Fsp3) is 0.0667. The van der Waals surface area contributed by atoms with E-state index in [1.165, 1.54) is 12.1 Å². The highest BCUT2D eigenvalue weighted by atomic mass is 32.2. The summed E-state index contributed by atoms with van der Waals surface area (Å²) in [7, 11) is -3.71. The Balaban J connectivity index is 1.68. The van der Waals surface area contributed by atoms with Crippen molar-refractivity contribution in [3.8, 4) is 0 Å². The highest BCUT2D eigenvalue weighted by molar-refractivity contribution is 7.89. The summed E-state index contributed by atoms with van der Waals surface area (Å²) in [5, 5.41) is 7.81. The van der Waals surface area contributed by atoms with Gasteiger partial charge in [0.25, 0.3) is 5.91 Å². The highest BCUT2D eigenvalue weighted by Crippen LogP contribution is 2.09. The van der Waals surface area contributed by atoms with E-state index >= 15 is 0 Å². The van der Waals surface area contributed by atoms with E-state index in [9.17, 15) is 13.2 Å². The molecule has 8 heteroatoms. The van der Waals surface area contributed by atoms with Crippen LogP contribution in [0.5, 0.6) is 0 Å². The number of hydrogen-bond donors (Lipinski definition) is 2. The molecule has 0 aliphatic heterocycles. The van der Waals surface area contributed by atoms with Crippen LogP contribution < -0.4 is 10.5 Å². The van der Waals surface area contributed by atoms with Crippen molar-refractivity contribution < 1.29 is 13.2 Å². The number of carbonyl (C=O) groups is 1. The molecule has 1 amide bonds. The maximum atomic E-state index is 12.1. The Morgan fingerprint density at radius 3 is 2.61 bits per heavy atom. The van der Waals surface area contributed by atoms with Crippen molar-refractivity contribution in [2.75, 3.05) is 0 Å². The predicted octanol–water partition coefficient (Wildman–Crippen LogP) is 0.912. The summed E-state index contributed by atoms with van der Waals surface area (Å²) >= 11 is 0. The van der Waals surface area contributed by atoms with Gasteiger partial charge in [-0.15, -0.1) is 0 Å². The molecule has 2 aromatic heterocycles. The van der Waals surface area contributed by atoms with Gasteiger partial charge in [0.2, 0.25) is 10.0 Å². The number of primary sulfonamides is 1. The van der Waals surface area contributed by atoms with Crippen LogP contribution in [0, 0.1) is 0 Å². The SMILES string of the molecule is NS(=O)(=O)c1ccc(CNC(=O)c2ccc3nccn3c2)cc1. The van der Waals surface area contributed by atoms with Gasteiger partial charge in [0.1, 0.15) is 5.65 Å². The molecule has 0 saturated carbocycles. The van der Waals surface area contributed by atoms with Crippen LogP contribution in [-0.2, 0) is 16.6 Å². The maximum Gasteiger partial charge on any atom is 0.253 e. The molecule has 0 atom stereocenters. The summed E-state index contributed by atoms with van der Waals surface area (Å²) in [6, 6.07) is 9.50. The van der Waals surface area contributed by atoms with Gasteiger partial charge in [-0.25, -0.2) is 18.5 Å². The minimum Gasteiger partial charge on any atom is -0.348 e. The summed E-state index contributed by atoms with van der Waals surface area (Å²) in [6.07, 6.45) is 5.12. The van der Waals surface area contributed by atoms with E-state index in [2.05, 4.69) is 10.3 Å². The Kier molecular flexibility index (Phi) is 3.85. The summed E-state index contributed by atoms with van der Waals surface area (Å²) in [5.41, 5.74) is 2.05. The zero-order chi connectivity index (χ0) is 16.4. The van der Waals surface area contributed by atoms with Crippen molar-refractivity contribution in [2.45, 2.75) is 11.4 Å². The van der Waals surface area contributed by atoms with E-state index in [-0.39, 0.29) is 17.3 Å². The molecule has 0 saturated heterocycles. The lowest BCUT2D eigenvalue weighted by molar-refractivity contribution is 0.0950. The average molecular weight is 330 g/mol. The van der Waals surface area contributed by atoms with Crippen LogP contribution in [0.15, 0.2) is 59.9 Å². The number of pyridine rings is 1. The smallest absolute Gasteiger partial charge is 0.253 e. The quantitative estimate of drug-likeness (QED) is 0.741. The Bertz CT molecular complexity index is 962. The number of rotatable bonds is 4. The van der Waals surface area contributed by atoms with Gasteiger partial charge in [-0.05, 0) is 29.8 Å². The first-order valence-corrected chi connectivity index (χ1v) is 8.31. The molecule has 118 valence electrons. The number of imidazole rings is 1. The third-order valence-electron chi connectivity index (χ3n) is 3.36. The van der Waals surface area contributed by atoms with Gasteiger partial charge in [0, 0.05) is 25.1 Å². The van der Waals surface area contributed by atoms with E-state index < -0.39 is 10.0 Å². The molecule has 0 bridgehead atoms. The molecule has 0 fully saturated rings. The van der Waals surface area contributed by atoms with Gasteiger partial charge in [0.05, 0.1) is 10.5 Å². The molecule has 0 spiro atoms. The largest absolute Gasteiger partial charge is 0.348 e. The fourth-order valence-electron chi connectivity index (χ4n) is 2.14. The first-order chi connectivity index (χ1) is 10.9. The molecule has 7 nitrogen and oxygen atoms in total. The van der Waals surface area contributed by atoms with Crippen molar-refractivity contribution in [1.82, 2.24) is 14.7 Å². The molecule has 2 heterocycles. The summed E-state index contributed by atoms with van der Waals surface area (Å²) in [6.45, 7) is 0.283. The van der Waals surface area contributed by atoms with Crippen LogP contribution in [0.25, 0.3) is 5.65 Å². The number of carbonyl (C=O) groups excluding carboxylic acids is 1. The molecule has 23 heavy (non-hydrogen) atoms. The number of nitrogens with one attached hydrogen (secondary N) is 1. The topological polar surface area (TPSA) is 107 Å². The first kappa shape index (κ1) is 15.2. The van der Waals surface area contributed by atoms with Gasteiger partial charge in [0.15, 0.2) is 0 Å². The van der Waals surface area contributed by atoms with E-state index in [1.54, 1.807) is 47.3 Å². The van der Waals surface area contributed by atoms with Gasteiger partial charge in [-0.1, -0.05) is 12.1 Å². The van der Waals surface area contributed by atoms with Crippen LogP contribution in [0.3, 0.4) is 0 Å². The monoisotopic (exact) mass is 330 g/mol. The zero-order valence-corrected chi connectivity index (χ0v) is 12.8. The molecular weight excluding hydrogens is 316 g/mol. The van der Waals surface area contributed by atoms with Crippen molar-refractivity contribution in [3.05, 3.63) is 66.1 Å². The Labute approximate surface area is 132 Å². The lowest BCUT2D eigenvalue weighted by Gasteiger charge is -2.07. The minimum absolute atomic E-state index is 0.0399. The number of benzene rings is 1. The highest BCUT2D eigenvalue weighted by Gasteiger charge is 2.09. The maximum absolute atomic E-state index is 12.1. The zero-order valence-electron chi connectivity index (χ0n) is 12.0. The number of nitrogens with two attached hydrogens (primary N) is 1. The van der Waals surface area contributed by atoms with Gasteiger partial charge in [-0.2, -0.15) is 0 Å². The molecule has 0 unspecified atom stereocenters. The number of nitrogens with zero attached hydrogens (tertiary/aromatic N) is 2. The molecule has 3 N–H and O–H groups in total. The number of fused-ring (bicyclic) bond motifs is 1. The van der Waals surface area contributed by atoms with E-state index in [0.717, 1.165) is 11.2 Å². The Morgan fingerprint density at radius 1 is 1.17 bits per heavy atom. The van der Waals surface area contributed by atoms with Crippen molar-refractivity contribution in [3.63, 3.8) is 0 Å². The van der Waals surface area contributed by atoms with E-state index in [4.69, 9.17) is 5.14 Å². The standard InChI is InChI=1S/C15H14N4O3S/c16-23(21,22)13-4-1-11(2-5-13)9-18-15(20)12-3-6-14-17-7-8-19(14)10-12/h1-8,10H,9H2,(H,18,20)(H2,16,21,22). The number of aromatic nitrogens is 2. The Hall–Kier alpha value is -2.71. The molecule has 0 radical (unpaired) electrons. The first-order valence-electron chi connectivity index (χ1n) is 6.76. The number of amides is 1. The predicted molar refractivity (Wildman–Crippen MR) is 84.2 cm³/mol. The van der Waals surface area contributed by atoms with E-state index in [1.807, 2.05) is 0 Å². The van der Waals surface area contributed by atoms with Crippen LogP contribution in [0.1, 0.15) is 15.9 Å². The lowest BCUT2D eigenvalue weighted by Crippen LogP contribution is -2.23. The molecule has 0 aliphatic rings. The average Bonchev–Trinajstić information content (AvgIpc) is 2.99. The van der Waals surface area contributed by atoms with Crippen molar-refractivity contribution in [2.24, 2.45) is 5.14 Å². The van der Waals surface area contributed by atoms with Gasteiger partial charge in [-0.3, -0.25) is 4.79 Å². The second kappa shape index (κ2) is 5.82. The molecular formula is C15H14N4O3S. The second-order valence-electron chi connectivity index (χ2n) is 4.98. The van der Waals surface area contributed by atoms with Gasteiger partial charge >= 0.3 is 0 Å². The van der Waals surface area contributed by atoms with Crippen molar-refractivity contribution in [1.29, 1.82) is 0 Å². The molecule has 3 aromatic rings. The summed E-state index contributed by atoms with van der Waals surface area (Å²) in [4.78, 5) is 16.3. The van der Waals surface area contributed by atoms with Crippen LogP contribution >= 0.6 is 0 Å². The van der Waals surface area contributed by atoms with Crippen molar-refractivity contribution >= 4 is 21.6 Å². The molecule has 1 aromatic carbocycles. The fourth-order valence-corrected chi connectivity index (χ4v) is 2.65. The minimum atomic E-state index is -3.71. The molecule has 0 aliphatic carbocycles. The third kappa shape index (κ3) is 3.38. The lowest BCUT2D eigenvalue weighted by atomic mass is 10.2. The Morgan fingerprint density at radius 2 is 1.91 bits per heavy atom. The van der Waals surface area contributed by atoms with Crippen LogP contribution in [-0.4, -0.2) is 23.7 Å². The number of sulfonamides is 1. The van der Waals surface area contributed by atoms with Crippen LogP contribution in [0.4, 0.5) is 0 Å². The normalized spacial score (nSPS) is 11.5.